The predicted molar refractivity (Wildman–Crippen MR) is 144 cm³/mol. The van der Waals surface area contributed by atoms with Crippen LogP contribution in [0.5, 0.6) is 5.75 Å². The van der Waals surface area contributed by atoms with Gasteiger partial charge in [0.05, 0.1) is 28.2 Å². The van der Waals surface area contributed by atoms with Gasteiger partial charge in [0.25, 0.3) is 0 Å². The number of aromatic nitrogens is 2. The van der Waals surface area contributed by atoms with Crippen molar-refractivity contribution < 1.29 is 31.1 Å². The highest BCUT2D eigenvalue weighted by atomic mass is 32.2. The quantitative estimate of drug-likeness (QED) is 0.215. The lowest BCUT2D eigenvalue weighted by molar-refractivity contribution is -0.142. The van der Waals surface area contributed by atoms with Crippen molar-refractivity contribution in [3.8, 4) is 5.75 Å². The Labute approximate surface area is 226 Å². The number of benzene rings is 3. The Morgan fingerprint density at radius 3 is 2.26 bits per heavy atom. The zero-order chi connectivity index (χ0) is 27.5. The second-order valence-electron chi connectivity index (χ2n) is 8.55. The van der Waals surface area contributed by atoms with Gasteiger partial charge in [-0.05, 0) is 55.3 Å². The predicted octanol–water partition coefficient (Wildman–Crippen LogP) is 3.95. The second-order valence-corrected chi connectivity index (χ2v) is 13.0. The first kappa shape index (κ1) is 27.7. The van der Waals surface area contributed by atoms with Gasteiger partial charge in [-0.3, -0.25) is 4.79 Å². The van der Waals surface area contributed by atoms with Gasteiger partial charge in [0.2, 0.25) is 9.84 Å². The second kappa shape index (κ2) is 11.2. The van der Waals surface area contributed by atoms with E-state index >= 15 is 0 Å². The fraction of sp³-hybridized carbons (Fsp3) is 0.231. The zero-order valence-electron chi connectivity index (χ0n) is 20.7. The van der Waals surface area contributed by atoms with E-state index in [4.69, 9.17) is 9.47 Å². The van der Waals surface area contributed by atoms with Crippen molar-refractivity contribution >= 4 is 49.3 Å². The maximum Gasteiger partial charge on any atom is 0.306 e. The molecule has 0 bridgehead atoms. The molecule has 200 valence electrons. The number of H-pyrrole nitrogens is 1. The highest BCUT2D eigenvalue weighted by molar-refractivity contribution is 7.92. The molecular formula is C26H26N2O7S3. The topological polar surface area (TPSA) is 132 Å². The SMILES string of the molecule is COc1ccc2[nH]c(S)nc2c1S(=O)(=O)c1ccc(CCC(=O)OCCS(=O)(=O)c2ccc(C)cc2)cc1. The van der Waals surface area contributed by atoms with Crippen LogP contribution in [0.2, 0.25) is 0 Å². The largest absolute Gasteiger partial charge is 0.495 e. The van der Waals surface area contributed by atoms with Crippen LogP contribution in [0.15, 0.2) is 80.5 Å². The molecule has 1 heterocycles. The summed E-state index contributed by atoms with van der Waals surface area (Å²) in [6.45, 7) is 1.61. The lowest BCUT2D eigenvalue weighted by Crippen LogP contribution is -2.16. The molecule has 1 N–H and O–H groups in total. The number of carbonyl (C=O) groups excluding carboxylic acids is 1. The zero-order valence-corrected chi connectivity index (χ0v) is 23.2. The molecule has 12 heteroatoms. The van der Waals surface area contributed by atoms with E-state index in [0.717, 1.165) is 11.1 Å². The number of sulfone groups is 2. The first-order valence-electron chi connectivity index (χ1n) is 11.6. The first-order chi connectivity index (χ1) is 18.0. The summed E-state index contributed by atoms with van der Waals surface area (Å²) in [5, 5.41) is 0.277. The van der Waals surface area contributed by atoms with Crippen LogP contribution in [0.4, 0.5) is 0 Å². The molecule has 0 aliphatic carbocycles. The molecular weight excluding hydrogens is 548 g/mol. The van der Waals surface area contributed by atoms with Crippen molar-refractivity contribution in [1.29, 1.82) is 0 Å². The number of rotatable bonds is 10. The minimum Gasteiger partial charge on any atom is -0.495 e. The first-order valence-corrected chi connectivity index (χ1v) is 15.1. The average molecular weight is 575 g/mol. The smallest absolute Gasteiger partial charge is 0.306 e. The fourth-order valence-electron chi connectivity index (χ4n) is 3.84. The number of methoxy groups -OCH3 is 1. The molecule has 38 heavy (non-hydrogen) atoms. The Hall–Kier alpha value is -3.35. The number of carbonyl (C=O) groups is 1. The Morgan fingerprint density at radius 1 is 0.947 bits per heavy atom. The molecule has 9 nitrogen and oxygen atoms in total. The number of hydrogen-bond donors (Lipinski definition) is 2. The maximum atomic E-state index is 13.5. The van der Waals surface area contributed by atoms with Crippen LogP contribution < -0.4 is 4.74 Å². The maximum absolute atomic E-state index is 13.5. The van der Waals surface area contributed by atoms with Gasteiger partial charge in [-0.1, -0.05) is 29.8 Å². The van der Waals surface area contributed by atoms with Crippen LogP contribution >= 0.6 is 12.6 Å². The van der Waals surface area contributed by atoms with E-state index in [1.54, 1.807) is 36.4 Å². The Bertz CT molecular complexity index is 1680. The van der Waals surface area contributed by atoms with Crippen LogP contribution in [-0.4, -0.2) is 52.2 Å². The number of imidazole rings is 1. The highest BCUT2D eigenvalue weighted by Gasteiger charge is 2.27. The van der Waals surface area contributed by atoms with Gasteiger partial charge in [0.15, 0.2) is 15.0 Å². The number of hydrogen-bond acceptors (Lipinski definition) is 9. The van der Waals surface area contributed by atoms with Gasteiger partial charge < -0.3 is 14.5 Å². The van der Waals surface area contributed by atoms with Crippen molar-refractivity contribution in [3.63, 3.8) is 0 Å². The van der Waals surface area contributed by atoms with E-state index in [1.807, 2.05) is 6.92 Å². The van der Waals surface area contributed by atoms with Crippen LogP contribution in [-0.2, 0) is 35.6 Å². The van der Waals surface area contributed by atoms with Crippen molar-refractivity contribution in [3.05, 3.63) is 71.8 Å². The normalized spacial score (nSPS) is 12.0. The van der Waals surface area contributed by atoms with Gasteiger partial charge in [-0.15, -0.1) is 12.6 Å². The summed E-state index contributed by atoms with van der Waals surface area (Å²) in [4.78, 5) is 19.4. The van der Waals surface area contributed by atoms with Crippen LogP contribution in [0.3, 0.4) is 0 Å². The number of aromatic amines is 1. The van der Waals surface area contributed by atoms with E-state index in [-0.39, 0.29) is 49.9 Å². The van der Waals surface area contributed by atoms with Crippen LogP contribution in [0.25, 0.3) is 11.0 Å². The molecule has 0 spiro atoms. The number of ether oxygens (including phenoxy) is 2. The molecule has 0 atom stereocenters. The number of thiol groups is 1. The number of fused-ring (bicyclic) bond motifs is 1. The van der Waals surface area contributed by atoms with E-state index in [1.165, 1.54) is 31.4 Å². The monoisotopic (exact) mass is 574 g/mol. The summed E-state index contributed by atoms with van der Waals surface area (Å²) in [5.74, 6) is -0.693. The summed E-state index contributed by atoms with van der Waals surface area (Å²) in [6, 6.07) is 15.8. The standard InChI is InChI=1S/C26H26N2O7S3/c1-17-3-8-19(9-4-17)37(30,31)16-15-35-23(29)14-7-18-5-10-20(11-6-18)38(32,33)25-22(34-2)13-12-21-24(25)28-26(36)27-21/h3-6,8-13H,7,14-16H2,1-2H3,(H2,27,28,36). The highest BCUT2D eigenvalue weighted by Crippen LogP contribution is 2.35. The van der Waals surface area contributed by atoms with Gasteiger partial charge >= 0.3 is 5.97 Å². The number of aryl methyl sites for hydroxylation is 2. The van der Waals surface area contributed by atoms with Crippen molar-refractivity contribution in [1.82, 2.24) is 9.97 Å². The Morgan fingerprint density at radius 2 is 1.61 bits per heavy atom. The molecule has 0 aliphatic rings. The van der Waals surface area contributed by atoms with Gasteiger partial charge in [0.1, 0.15) is 22.8 Å². The van der Waals surface area contributed by atoms with Crippen molar-refractivity contribution in [2.45, 2.75) is 39.6 Å². The van der Waals surface area contributed by atoms with Crippen molar-refractivity contribution in [2.24, 2.45) is 0 Å². The number of nitrogens with one attached hydrogen (secondary N) is 1. The van der Waals surface area contributed by atoms with Crippen LogP contribution in [0, 0.1) is 6.92 Å². The molecule has 0 aliphatic heterocycles. The summed E-state index contributed by atoms with van der Waals surface area (Å²) in [5.41, 5.74) is 2.40. The molecule has 1 aromatic heterocycles. The molecule has 0 saturated heterocycles. The van der Waals surface area contributed by atoms with Gasteiger partial charge in [-0.25, -0.2) is 21.8 Å². The summed E-state index contributed by atoms with van der Waals surface area (Å²) in [7, 11) is -6.15. The minimum atomic E-state index is -3.98. The van der Waals surface area contributed by atoms with E-state index < -0.39 is 25.6 Å². The third kappa shape index (κ3) is 6.03. The third-order valence-electron chi connectivity index (χ3n) is 5.89. The van der Waals surface area contributed by atoms with Crippen LogP contribution in [0.1, 0.15) is 17.5 Å². The van der Waals surface area contributed by atoms with Gasteiger partial charge in [0, 0.05) is 6.42 Å². The summed E-state index contributed by atoms with van der Waals surface area (Å²) >= 11 is 4.18. The molecule has 0 amide bonds. The molecule has 3 aromatic carbocycles. The van der Waals surface area contributed by atoms with E-state index in [0.29, 0.717) is 11.9 Å². The number of esters is 1. The molecule has 4 rings (SSSR count). The van der Waals surface area contributed by atoms with Crippen molar-refractivity contribution in [2.75, 3.05) is 19.5 Å². The number of nitrogens with zero attached hydrogens (tertiary/aromatic N) is 1. The molecule has 0 unspecified atom stereocenters. The summed E-state index contributed by atoms with van der Waals surface area (Å²) in [6.07, 6.45) is 0.312. The van der Waals surface area contributed by atoms with E-state index in [2.05, 4.69) is 22.6 Å². The lowest BCUT2D eigenvalue weighted by Gasteiger charge is -2.11. The van der Waals surface area contributed by atoms with Gasteiger partial charge in [-0.2, -0.15) is 0 Å². The summed E-state index contributed by atoms with van der Waals surface area (Å²) < 4.78 is 62.1. The lowest BCUT2D eigenvalue weighted by atomic mass is 10.1. The molecule has 0 radical (unpaired) electrons. The Kier molecular flexibility index (Phi) is 8.14. The molecule has 0 saturated carbocycles. The minimum absolute atomic E-state index is 0.0157. The molecule has 0 fully saturated rings. The average Bonchev–Trinajstić information content (AvgIpc) is 3.27. The van der Waals surface area contributed by atoms with E-state index in [9.17, 15) is 21.6 Å². The fourth-order valence-corrected chi connectivity index (χ4v) is 6.71. The Balaban J connectivity index is 1.38. The molecule has 4 aromatic rings. The third-order valence-corrected chi connectivity index (χ3v) is 9.63.